The lowest BCUT2D eigenvalue weighted by molar-refractivity contribution is -0.130. The van der Waals surface area contributed by atoms with Crippen LogP contribution in [0.1, 0.15) is 22.3 Å². The van der Waals surface area contributed by atoms with E-state index < -0.39 is 0 Å². The monoisotopic (exact) mass is 322 g/mol. The Morgan fingerprint density at radius 2 is 1.74 bits per heavy atom. The summed E-state index contributed by atoms with van der Waals surface area (Å²) in [5.41, 5.74) is 4.91. The molecule has 23 heavy (non-hydrogen) atoms. The first kappa shape index (κ1) is 15.6. The van der Waals surface area contributed by atoms with Crippen molar-refractivity contribution in [3.63, 3.8) is 0 Å². The van der Waals surface area contributed by atoms with Crippen molar-refractivity contribution in [2.24, 2.45) is 0 Å². The molecule has 2 aromatic carbocycles. The van der Waals surface area contributed by atoms with Gasteiger partial charge in [-0.05, 0) is 67.1 Å². The molecule has 3 rings (SSSR count). The van der Waals surface area contributed by atoms with E-state index >= 15 is 0 Å². The Morgan fingerprint density at radius 3 is 2.39 bits per heavy atom. The third kappa shape index (κ3) is 3.40. The lowest BCUT2D eigenvalue weighted by atomic mass is 10.0. The molecule has 3 heteroatoms. The number of thioether (sulfide) groups is 1. The summed E-state index contributed by atoms with van der Waals surface area (Å²) in [4.78, 5) is 13.3. The van der Waals surface area contributed by atoms with E-state index in [0.717, 1.165) is 11.1 Å². The standard InChI is InChI=1S/C20H18O2S/c1-13-4-7-16(10-14(13)2)19-12-17(20(21)22-19)11-15-5-8-18(23-3)9-6-15/h4-12H,1-3H3/b17-11+. The third-order valence-electron chi connectivity index (χ3n) is 3.95. The van der Waals surface area contributed by atoms with E-state index in [1.165, 1.54) is 16.0 Å². The SMILES string of the molecule is CSc1ccc(/C=C2\C=C(c3ccc(C)c(C)c3)OC2=O)cc1. The van der Waals surface area contributed by atoms with Gasteiger partial charge >= 0.3 is 5.97 Å². The molecule has 1 heterocycles. The van der Waals surface area contributed by atoms with Gasteiger partial charge in [-0.15, -0.1) is 11.8 Å². The molecule has 0 unspecified atom stereocenters. The Kier molecular flexibility index (Phi) is 4.39. The first-order chi connectivity index (χ1) is 11.1. The first-order valence-corrected chi connectivity index (χ1v) is 8.66. The number of cyclic esters (lactones) is 1. The van der Waals surface area contributed by atoms with Crippen LogP contribution in [0.25, 0.3) is 11.8 Å². The summed E-state index contributed by atoms with van der Waals surface area (Å²) in [6.45, 7) is 4.12. The number of esters is 1. The predicted molar refractivity (Wildman–Crippen MR) is 96.2 cm³/mol. The van der Waals surface area contributed by atoms with Crippen LogP contribution in [0, 0.1) is 13.8 Å². The van der Waals surface area contributed by atoms with Gasteiger partial charge in [0.05, 0.1) is 5.57 Å². The van der Waals surface area contributed by atoms with Gasteiger partial charge in [-0.1, -0.05) is 24.3 Å². The Labute approximate surface area is 140 Å². The van der Waals surface area contributed by atoms with Crippen molar-refractivity contribution in [2.75, 3.05) is 6.26 Å². The summed E-state index contributed by atoms with van der Waals surface area (Å²) < 4.78 is 5.42. The molecule has 0 atom stereocenters. The van der Waals surface area contributed by atoms with Crippen molar-refractivity contribution in [1.82, 2.24) is 0 Å². The number of hydrogen-bond acceptors (Lipinski definition) is 3. The summed E-state index contributed by atoms with van der Waals surface area (Å²) in [7, 11) is 0. The summed E-state index contributed by atoms with van der Waals surface area (Å²) >= 11 is 1.70. The van der Waals surface area contributed by atoms with Crippen LogP contribution in [0.4, 0.5) is 0 Å². The average Bonchev–Trinajstić information content (AvgIpc) is 2.92. The van der Waals surface area contributed by atoms with Gasteiger partial charge in [-0.2, -0.15) is 0 Å². The summed E-state index contributed by atoms with van der Waals surface area (Å²) in [6.07, 6.45) is 5.72. The number of carbonyl (C=O) groups excluding carboxylic acids is 1. The minimum absolute atomic E-state index is 0.299. The van der Waals surface area contributed by atoms with Crippen molar-refractivity contribution < 1.29 is 9.53 Å². The fourth-order valence-electron chi connectivity index (χ4n) is 2.41. The Balaban J connectivity index is 1.90. The molecule has 2 aromatic rings. The van der Waals surface area contributed by atoms with E-state index in [1.54, 1.807) is 11.8 Å². The summed E-state index contributed by atoms with van der Waals surface area (Å²) in [5, 5.41) is 0. The number of ether oxygens (including phenoxy) is 1. The van der Waals surface area contributed by atoms with Gasteiger partial charge in [0.15, 0.2) is 0 Å². The highest BCUT2D eigenvalue weighted by Gasteiger charge is 2.22. The van der Waals surface area contributed by atoms with Crippen LogP contribution >= 0.6 is 11.8 Å². The lowest BCUT2D eigenvalue weighted by Crippen LogP contribution is -1.97. The van der Waals surface area contributed by atoms with Crippen LogP contribution < -0.4 is 0 Å². The molecule has 0 fully saturated rings. The lowest BCUT2D eigenvalue weighted by Gasteiger charge is -2.05. The fourth-order valence-corrected chi connectivity index (χ4v) is 2.81. The first-order valence-electron chi connectivity index (χ1n) is 7.44. The molecular weight excluding hydrogens is 304 g/mol. The topological polar surface area (TPSA) is 26.3 Å². The molecule has 1 aliphatic heterocycles. The average molecular weight is 322 g/mol. The second-order valence-corrected chi connectivity index (χ2v) is 6.45. The highest BCUT2D eigenvalue weighted by atomic mass is 32.2. The van der Waals surface area contributed by atoms with Crippen LogP contribution in [-0.2, 0) is 9.53 Å². The number of rotatable bonds is 3. The molecule has 0 bridgehead atoms. The Hall–Kier alpha value is -2.26. The highest BCUT2D eigenvalue weighted by molar-refractivity contribution is 7.98. The van der Waals surface area contributed by atoms with E-state index in [9.17, 15) is 4.79 Å². The van der Waals surface area contributed by atoms with Crippen LogP contribution in [0.3, 0.4) is 0 Å². The summed E-state index contributed by atoms with van der Waals surface area (Å²) in [5.74, 6) is 0.317. The molecule has 0 radical (unpaired) electrons. The van der Waals surface area contributed by atoms with Gasteiger partial charge in [0.25, 0.3) is 0 Å². The molecule has 0 saturated heterocycles. The van der Waals surface area contributed by atoms with Crippen LogP contribution in [-0.4, -0.2) is 12.2 Å². The quantitative estimate of drug-likeness (QED) is 0.451. The maximum absolute atomic E-state index is 12.1. The van der Waals surface area contributed by atoms with Crippen molar-refractivity contribution in [2.45, 2.75) is 18.7 Å². The van der Waals surface area contributed by atoms with Crippen molar-refractivity contribution in [1.29, 1.82) is 0 Å². The number of aryl methyl sites for hydroxylation is 2. The Bertz CT molecular complexity index is 814. The van der Waals surface area contributed by atoms with Crippen molar-refractivity contribution in [3.8, 4) is 0 Å². The zero-order valence-electron chi connectivity index (χ0n) is 13.4. The minimum atomic E-state index is -0.299. The van der Waals surface area contributed by atoms with Gasteiger partial charge in [-0.3, -0.25) is 0 Å². The van der Waals surface area contributed by atoms with E-state index in [0.29, 0.717) is 11.3 Å². The molecule has 0 N–H and O–H groups in total. The van der Waals surface area contributed by atoms with Crippen LogP contribution in [0.2, 0.25) is 0 Å². The molecule has 0 aromatic heterocycles. The number of benzene rings is 2. The van der Waals surface area contributed by atoms with Gasteiger partial charge < -0.3 is 4.74 Å². The molecule has 0 amide bonds. The second-order valence-electron chi connectivity index (χ2n) is 5.57. The fraction of sp³-hybridized carbons (Fsp3) is 0.150. The molecule has 2 nitrogen and oxygen atoms in total. The molecule has 1 aliphatic rings. The Morgan fingerprint density at radius 1 is 1.00 bits per heavy atom. The van der Waals surface area contributed by atoms with Gasteiger partial charge in [-0.25, -0.2) is 4.79 Å². The van der Waals surface area contributed by atoms with Gasteiger partial charge in [0.1, 0.15) is 5.76 Å². The minimum Gasteiger partial charge on any atom is -0.422 e. The molecule has 0 spiro atoms. The second kappa shape index (κ2) is 6.47. The molecule has 0 aliphatic carbocycles. The number of hydrogen-bond donors (Lipinski definition) is 0. The van der Waals surface area contributed by atoms with E-state index in [-0.39, 0.29) is 5.97 Å². The molecular formula is C20H18O2S. The highest BCUT2D eigenvalue weighted by Crippen LogP contribution is 2.28. The van der Waals surface area contributed by atoms with Gasteiger partial charge in [0, 0.05) is 10.5 Å². The smallest absolute Gasteiger partial charge is 0.343 e. The van der Waals surface area contributed by atoms with Crippen molar-refractivity contribution in [3.05, 3.63) is 76.4 Å². The molecule has 0 saturated carbocycles. The largest absolute Gasteiger partial charge is 0.422 e. The summed E-state index contributed by atoms with van der Waals surface area (Å²) in [6, 6.07) is 14.2. The molecule has 116 valence electrons. The zero-order chi connectivity index (χ0) is 16.4. The van der Waals surface area contributed by atoms with E-state index in [1.807, 2.05) is 60.9 Å². The maximum Gasteiger partial charge on any atom is 0.343 e. The van der Waals surface area contributed by atoms with Crippen LogP contribution in [0.5, 0.6) is 0 Å². The van der Waals surface area contributed by atoms with Gasteiger partial charge in [0.2, 0.25) is 0 Å². The third-order valence-corrected chi connectivity index (χ3v) is 4.70. The zero-order valence-corrected chi connectivity index (χ0v) is 14.2. The van der Waals surface area contributed by atoms with E-state index in [2.05, 4.69) is 13.8 Å². The van der Waals surface area contributed by atoms with Crippen molar-refractivity contribution >= 4 is 29.6 Å². The van der Waals surface area contributed by atoms with Crippen LogP contribution in [0.15, 0.2) is 59.0 Å². The number of carbonyl (C=O) groups is 1. The maximum atomic E-state index is 12.1. The predicted octanol–water partition coefficient (Wildman–Crippen LogP) is 5.01. The normalized spacial score (nSPS) is 15.7. The van der Waals surface area contributed by atoms with E-state index in [4.69, 9.17) is 4.74 Å².